The first-order valence-electron chi connectivity index (χ1n) is 5.61. The standard InChI is InChI=1S/C12H13N3O3/c13-5-1-2-10(16)14-7-3-4-8-9(6-7)12(18)15-11(8)17/h3-4,6H,1-2,5,13H2,(H,14,16)(H,15,17,18). The summed E-state index contributed by atoms with van der Waals surface area (Å²) in [5.74, 6) is -1.01. The molecule has 1 aromatic rings. The fourth-order valence-electron chi connectivity index (χ4n) is 1.73. The Labute approximate surface area is 104 Å². The molecule has 1 heterocycles. The molecular formula is C12H13N3O3. The molecule has 0 saturated heterocycles. The molecule has 2 rings (SSSR count). The highest BCUT2D eigenvalue weighted by Gasteiger charge is 2.26. The third-order valence-corrected chi connectivity index (χ3v) is 2.63. The van der Waals surface area contributed by atoms with Gasteiger partial charge < -0.3 is 11.1 Å². The van der Waals surface area contributed by atoms with Gasteiger partial charge in [-0.2, -0.15) is 0 Å². The van der Waals surface area contributed by atoms with Crippen LogP contribution in [0.3, 0.4) is 0 Å². The first-order chi connectivity index (χ1) is 8.61. The van der Waals surface area contributed by atoms with E-state index < -0.39 is 11.8 Å². The lowest BCUT2D eigenvalue weighted by atomic mass is 10.1. The molecule has 3 amide bonds. The van der Waals surface area contributed by atoms with Crippen LogP contribution in [-0.2, 0) is 4.79 Å². The Hall–Kier alpha value is -2.21. The SMILES string of the molecule is NCCCC(=O)Nc1ccc2c(c1)C(=O)NC2=O. The molecule has 1 aromatic carbocycles. The Morgan fingerprint density at radius 2 is 1.94 bits per heavy atom. The number of hydrogen-bond acceptors (Lipinski definition) is 4. The van der Waals surface area contributed by atoms with Crippen LogP contribution in [0.4, 0.5) is 5.69 Å². The number of carbonyl (C=O) groups excluding carboxylic acids is 3. The molecule has 1 aliphatic heterocycles. The number of anilines is 1. The van der Waals surface area contributed by atoms with Crippen molar-refractivity contribution in [3.8, 4) is 0 Å². The molecule has 0 atom stereocenters. The van der Waals surface area contributed by atoms with Gasteiger partial charge in [-0.25, -0.2) is 0 Å². The van der Waals surface area contributed by atoms with Crippen LogP contribution >= 0.6 is 0 Å². The van der Waals surface area contributed by atoms with Gasteiger partial charge in [-0.1, -0.05) is 0 Å². The highest BCUT2D eigenvalue weighted by Crippen LogP contribution is 2.20. The molecule has 1 aliphatic rings. The van der Waals surface area contributed by atoms with Gasteiger partial charge in [0.1, 0.15) is 0 Å². The van der Waals surface area contributed by atoms with Gasteiger partial charge in [0.05, 0.1) is 11.1 Å². The average Bonchev–Trinajstić information content (AvgIpc) is 2.62. The maximum Gasteiger partial charge on any atom is 0.259 e. The fourth-order valence-corrected chi connectivity index (χ4v) is 1.73. The van der Waals surface area contributed by atoms with Crippen molar-refractivity contribution in [1.29, 1.82) is 0 Å². The number of imide groups is 1. The van der Waals surface area contributed by atoms with Crippen LogP contribution in [0.2, 0.25) is 0 Å². The minimum atomic E-state index is -0.437. The summed E-state index contributed by atoms with van der Waals surface area (Å²) in [6.07, 6.45) is 0.939. The largest absolute Gasteiger partial charge is 0.330 e. The third kappa shape index (κ3) is 2.38. The summed E-state index contributed by atoms with van der Waals surface area (Å²) in [5, 5.41) is 4.85. The highest BCUT2D eigenvalue weighted by atomic mass is 16.2. The summed E-state index contributed by atoms with van der Waals surface area (Å²) in [7, 11) is 0. The number of benzene rings is 1. The minimum absolute atomic E-state index is 0.162. The zero-order valence-electron chi connectivity index (χ0n) is 9.66. The van der Waals surface area contributed by atoms with Gasteiger partial charge in [-0.15, -0.1) is 0 Å². The maximum absolute atomic E-state index is 11.5. The van der Waals surface area contributed by atoms with Crippen LogP contribution < -0.4 is 16.4 Å². The molecule has 4 N–H and O–H groups in total. The van der Waals surface area contributed by atoms with Crippen molar-refractivity contribution in [2.24, 2.45) is 5.73 Å². The summed E-state index contributed by atoms with van der Waals surface area (Å²) in [4.78, 5) is 34.2. The van der Waals surface area contributed by atoms with Gasteiger partial charge in [0.15, 0.2) is 0 Å². The summed E-state index contributed by atoms with van der Waals surface area (Å²) >= 11 is 0. The van der Waals surface area contributed by atoms with Crippen LogP contribution in [0.1, 0.15) is 33.6 Å². The molecule has 6 nitrogen and oxygen atoms in total. The normalized spacial score (nSPS) is 13.2. The van der Waals surface area contributed by atoms with E-state index in [1.165, 1.54) is 12.1 Å². The summed E-state index contributed by atoms with van der Waals surface area (Å²) in [5.41, 5.74) is 6.43. The van der Waals surface area contributed by atoms with Crippen LogP contribution in [0.5, 0.6) is 0 Å². The van der Waals surface area contributed by atoms with Crippen LogP contribution in [0.15, 0.2) is 18.2 Å². The van der Waals surface area contributed by atoms with E-state index in [2.05, 4.69) is 10.6 Å². The van der Waals surface area contributed by atoms with Crippen molar-refractivity contribution >= 4 is 23.4 Å². The Kier molecular flexibility index (Phi) is 3.38. The summed E-state index contributed by atoms with van der Waals surface area (Å²) in [6, 6.07) is 4.61. The van der Waals surface area contributed by atoms with E-state index in [9.17, 15) is 14.4 Å². The monoisotopic (exact) mass is 247 g/mol. The number of carbonyl (C=O) groups is 3. The zero-order valence-corrected chi connectivity index (χ0v) is 9.66. The predicted octanol–water partition coefficient (Wildman–Crippen LogP) is 0.248. The lowest BCUT2D eigenvalue weighted by molar-refractivity contribution is -0.116. The molecule has 94 valence electrons. The van der Waals surface area contributed by atoms with Gasteiger partial charge in [0, 0.05) is 12.1 Å². The van der Waals surface area contributed by atoms with E-state index in [0.717, 1.165) is 0 Å². The van der Waals surface area contributed by atoms with Crippen molar-refractivity contribution in [2.45, 2.75) is 12.8 Å². The molecule has 6 heteroatoms. The Morgan fingerprint density at radius 3 is 2.67 bits per heavy atom. The lowest BCUT2D eigenvalue weighted by Crippen LogP contribution is -2.19. The molecule has 0 fully saturated rings. The van der Waals surface area contributed by atoms with Gasteiger partial charge in [-0.3, -0.25) is 19.7 Å². The molecule has 0 radical (unpaired) electrons. The average molecular weight is 247 g/mol. The Morgan fingerprint density at radius 1 is 1.22 bits per heavy atom. The second-order valence-corrected chi connectivity index (χ2v) is 3.98. The van der Waals surface area contributed by atoms with Crippen molar-refractivity contribution in [1.82, 2.24) is 5.32 Å². The van der Waals surface area contributed by atoms with Gasteiger partial charge >= 0.3 is 0 Å². The molecule has 0 aliphatic carbocycles. The molecule has 0 bridgehead atoms. The third-order valence-electron chi connectivity index (χ3n) is 2.63. The van der Waals surface area contributed by atoms with Gasteiger partial charge in [-0.05, 0) is 31.2 Å². The number of nitrogens with one attached hydrogen (secondary N) is 2. The van der Waals surface area contributed by atoms with E-state index in [-0.39, 0.29) is 11.5 Å². The fraction of sp³-hybridized carbons (Fsp3) is 0.250. The van der Waals surface area contributed by atoms with Crippen LogP contribution in [0, 0.1) is 0 Å². The van der Waals surface area contributed by atoms with Gasteiger partial charge in [0.2, 0.25) is 5.91 Å². The predicted molar refractivity (Wildman–Crippen MR) is 65.2 cm³/mol. The molecule has 0 spiro atoms. The number of hydrogen-bond donors (Lipinski definition) is 3. The first-order valence-corrected chi connectivity index (χ1v) is 5.61. The van der Waals surface area contributed by atoms with Crippen LogP contribution in [0.25, 0.3) is 0 Å². The Balaban J connectivity index is 2.13. The second kappa shape index (κ2) is 4.97. The van der Waals surface area contributed by atoms with E-state index in [4.69, 9.17) is 5.73 Å². The molecule has 0 aromatic heterocycles. The van der Waals surface area contributed by atoms with Gasteiger partial charge in [0.25, 0.3) is 11.8 Å². The number of rotatable bonds is 4. The molecular weight excluding hydrogens is 234 g/mol. The van der Waals surface area contributed by atoms with E-state index in [1.807, 2.05) is 0 Å². The summed E-state index contributed by atoms with van der Waals surface area (Å²) in [6.45, 7) is 0.453. The maximum atomic E-state index is 11.5. The second-order valence-electron chi connectivity index (χ2n) is 3.98. The lowest BCUT2D eigenvalue weighted by Gasteiger charge is -2.05. The summed E-state index contributed by atoms with van der Waals surface area (Å²) < 4.78 is 0. The quantitative estimate of drug-likeness (QED) is 0.663. The van der Waals surface area contributed by atoms with Crippen molar-refractivity contribution in [3.63, 3.8) is 0 Å². The first kappa shape index (κ1) is 12.3. The number of amides is 3. The van der Waals surface area contributed by atoms with Crippen LogP contribution in [-0.4, -0.2) is 24.3 Å². The van der Waals surface area contributed by atoms with E-state index in [0.29, 0.717) is 30.6 Å². The molecule has 0 saturated carbocycles. The smallest absolute Gasteiger partial charge is 0.259 e. The zero-order chi connectivity index (χ0) is 13.1. The van der Waals surface area contributed by atoms with Crippen molar-refractivity contribution in [3.05, 3.63) is 29.3 Å². The topological polar surface area (TPSA) is 101 Å². The van der Waals surface area contributed by atoms with Crippen molar-refractivity contribution < 1.29 is 14.4 Å². The van der Waals surface area contributed by atoms with Crippen molar-refractivity contribution in [2.75, 3.05) is 11.9 Å². The number of nitrogens with two attached hydrogens (primary N) is 1. The molecule has 0 unspecified atom stereocenters. The minimum Gasteiger partial charge on any atom is -0.330 e. The highest BCUT2D eigenvalue weighted by molar-refractivity contribution is 6.22. The molecule has 18 heavy (non-hydrogen) atoms. The Bertz CT molecular complexity index is 525. The van der Waals surface area contributed by atoms with E-state index >= 15 is 0 Å². The van der Waals surface area contributed by atoms with E-state index in [1.54, 1.807) is 6.07 Å². The number of fused-ring (bicyclic) bond motifs is 1.